The summed E-state index contributed by atoms with van der Waals surface area (Å²) in [5, 5.41) is 15.9. The van der Waals surface area contributed by atoms with Crippen molar-refractivity contribution in [3.8, 4) is 0 Å². The van der Waals surface area contributed by atoms with Crippen LogP contribution in [-0.4, -0.2) is 46.5 Å². The number of hydrogen-bond acceptors (Lipinski definition) is 4. The summed E-state index contributed by atoms with van der Waals surface area (Å²) in [5.74, 6) is -10.7. The Bertz CT molecular complexity index is 527. The second-order valence-corrected chi connectivity index (χ2v) is 3.78. The Labute approximate surface area is 154 Å². The number of allylic oxidation sites excluding steroid dienone is 4. The van der Waals surface area contributed by atoms with Crippen LogP contribution in [-0.2, 0) is 30.7 Å². The van der Waals surface area contributed by atoms with E-state index >= 15 is 0 Å². The number of halogens is 12. The van der Waals surface area contributed by atoms with E-state index in [0.29, 0.717) is 0 Å². The maximum absolute atomic E-state index is 11.4. The van der Waals surface area contributed by atoms with Gasteiger partial charge in [-0.25, -0.2) is 0 Å². The molecule has 0 aromatic heterocycles. The van der Waals surface area contributed by atoms with E-state index in [1.54, 1.807) is 0 Å². The van der Waals surface area contributed by atoms with Gasteiger partial charge in [-0.05, 0) is 0 Å². The number of rotatable bonds is 2. The van der Waals surface area contributed by atoms with Gasteiger partial charge >= 0.3 is 24.7 Å². The number of carbonyl (C=O) groups is 2. The molecule has 0 aromatic rings. The van der Waals surface area contributed by atoms with E-state index in [1.165, 1.54) is 0 Å². The van der Waals surface area contributed by atoms with Crippen molar-refractivity contribution >= 4 is 11.6 Å². The van der Waals surface area contributed by atoms with Gasteiger partial charge in [-0.3, -0.25) is 9.59 Å². The van der Waals surface area contributed by atoms with Crippen molar-refractivity contribution in [3.63, 3.8) is 0 Å². The molecule has 0 amide bonds. The third-order valence-corrected chi connectivity index (χ3v) is 1.68. The van der Waals surface area contributed by atoms with E-state index in [2.05, 4.69) is 0 Å². The van der Waals surface area contributed by atoms with Crippen molar-refractivity contribution in [1.29, 1.82) is 0 Å². The Hall–Kier alpha value is -1.73. The first-order chi connectivity index (χ1) is 11.1. The van der Waals surface area contributed by atoms with Crippen LogP contribution >= 0.6 is 0 Å². The fourth-order valence-corrected chi connectivity index (χ4v) is 0.576. The molecule has 162 valence electrons. The van der Waals surface area contributed by atoms with Gasteiger partial charge in [0.15, 0.2) is 0 Å². The standard InChI is InChI=1S/2C5H2F6O2.Pt/c2*6-4(7,8)2(12)1-3(13)5(9,10)11;/h2*1,12H;. The molecular formula is C10H4F12O4Pt. The van der Waals surface area contributed by atoms with E-state index in [1.807, 2.05) is 0 Å². The summed E-state index contributed by atoms with van der Waals surface area (Å²) in [6, 6.07) is 0. The molecule has 0 unspecified atom stereocenters. The van der Waals surface area contributed by atoms with Crippen LogP contribution in [0.25, 0.3) is 0 Å². The van der Waals surface area contributed by atoms with Crippen LogP contribution in [0.15, 0.2) is 23.7 Å². The van der Waals surface area contributed by atoms with Crippen molar-refractivity contribution in [2.24, 2.45) is 0 Å². The molecule has 0 aliphatic carbocycles. The molecule has 0 saturated heterocycles. The van der Waals surface area contributed by atoms with Crippen LogP contribution in [0.2, 0.25) is 0 Å². The molecule has 0 atom stereocenters. The predicted octanol–water partition coefficient (Wildman–Crippen LogP) is 4.24. The first-order valence-corrected chi connectivity index (χ1v) is 5.28. The molecule has 0 rings (SSSR count). The second kappa shape index (κ2) is 9.99. The van der Waals surface area contributed by atoms with E-state index in [4.69, 9.17) is 10.2 Å². The molecule has 0 aliphatic heterocycles. The zero-order valence-corrected chi connectivity index (χ0v) is 14.0. The molecular weight excluding hydrogens is 607 g/mol. The molecule has 0 bridgehead atoms. The van der Waals surface area contributed by atoms with E-state index < -0.39 is 59.9 Å². The molecule has 0 spiro atoms. The van der Waals surface area contributed by atoms with Crippen LogP contribution in [0.5, 0.6) is 0 Å². The van der Waals surface area contributed by atoms with Gasteiger partial charge in [0, 0.05) is 33.2 Å². The molecule has 0 aliphatic rings. The van der Waals surface area contributed by atoms with Gasteiger partial charge in [-0.1, -0.05) is 0 Å². The number of hydrogen-bond donors (Lipinski definition) is 2. The number of alkyl halides is 12. The Morgan fingerprint density at radius 1 is 0.519 bits per heavy atom. The van der Waals surface area contributed by atoms with Gasteiger partial charge in [-0.2, -0.15) is 52.7 Å². The third kappa shape index (κ3) is 13.1. The maximum Gasteiger partial charge on any atom is 0.454 e. The summed E-state index contributed by atoms with van der Waals surface area (Å²) in [5.41, 5.74) is 0. The minimum absolute atomic E-state index is 0. The summed E-state index contributed by atoms with van der Waals surface area (Å²) < 4.78 is 136. The van der Waals surface area contributed by atoms with Gasteiger partial charge < -0.3 is 10.2 Å². The molecule has 17 heteroatoms. The number of aliphatic hydroxyl groups excluding tert-OH is 2. The molecule has 2 N–H and O–H groups in total. The van der Waals surface area contributed by atoms with Crippen LogP contribution in [0.3, 0.4) is 0 Å². The molecule has 0 heterocycles. The first kappa shape index (κ1) is 30.0. The number of ketones is 2. The largest absolute Gasteiger partial charge is 0.504 e. The summed E-state index contributed by atoms with van der Waals surface area (Å²) in [6.07, 6.45) is -23.4. The quantitative estimate of drug-likeness (QED) is 0.279. The monoisotopic (exact) mass is 611 g/mol. The fourth-order valence-electron chi connectivity index (χ4n) is 0.576. The molecule has 0 fully saturated rings. The Morgan fingerprint density at radius 3 is 0.815 bits per heavy atom. The first-order valence-electron chi connectivity index (χ1n) is 5.28. The summed E-state index contributed by atoms with van der Waals surface area (Å²) >= 11 is 0. The zero-order chi connectivity index (χ0) is 21.7. The zero-order valence-electron chi connectivity index (χ0n) is 11.7. The van der Waals surface area contributed by atoms with E-state index in [9.17, 15) is 62.3 Å². The fraction of sp³-hybridized carbons (Fsp3) is 0.400. The Balaban J connectivity index is -0.000000411. The van der Waals surface area contributed by atoms with Crippen molar-refractivity contribution in [3.05, 3.63) is 23.7 Å². The average Bonchev–Trinajstić information content (AvgIpc) is 2.34. The summed E-state index contributed by atoms with van der Waals surface area (Å²) in [4.78, 5) is 19.7. The van der Waals surface area contributed by atoms with E-state index in [-0.39, 0.29) is 21.1 Å². The smallest absolute Gasteiger partial charge is 0.454 e. The summed E-state index contributed by atoms with van der Waals surface area (Å²) in [7, 11) is 0. The predicted molar refractivity (Wildman–Crippen MR) is 55.7 cm³/mol. The minimum atomic E-state index is -5.42. The SMILES string of the molecule is O=C(C=C(O)C(F)(F)F)C(F)(F)F.O=C(C=C(O)C(F)(F)F)C(F)(F)F.[Pt]. The molecule has 27 heavy (non-hydrogen) atoms. The van der Waals surface area contributed by atoms with Crippen LogP contribution < -0.4 is 0 Å². The van der Waals surface area contributed by atoms with Crippen molar-refractivity contribution < 1.29 is 93.6 Å². The van der Waals surface area contributed by atoms with Gasteiger partial charge in [-0.15, -0.1) is 0 Å². The van der Waals surface area contributed by atoms with Crippen LogP contribution in [0, 0.1) is 0 Å². The second-order valence-electron chi connectivity index (χ2n) is 3.78. The molecule has 0 radical (unpaired) electrons. The third-order valence-electron chi connectivity index (χ3n) is 1.68. The molecule has 4 nitrogen and oxygen atoms in total. The maximum atomic E-state index is 11.4. The average molecular weight is 611 g/mol. The normalized spacial score (nSPS) is 13.9. The van der Waals surface area contributed by atoms with Crippen molar-refractivity contribution in [1.82, 2.24) is 0 Å². The van der Waals surface area contributed by atoms with Gasteiger partial charge in [0.2, 0.25) is 11.5 Å². The van der Waals surface area contributed by atoms with Crippen molar-refractivity contribution in [2.45, 2.75) is 24.7 Å². The summed E-state index contributed by atoms with van der Waals surface area (Å²) in [6.45, 7) is 0. The van der Waals surface area contributed by atoms with Crippen LogP contribution in [0.4, 0.5) is 52.7 Å². The molecule has 0 aromatic carbocycles. The molecule has 0 saturated carbocycles. The van der Waals surface area contributed by atoms with Gasteiger partial charge in [0.25, 0.3) is 11.6 Å². The van der Waals surface area contributed by atoms with Crippen LogP contribution in [0.1, 0.15) is 0 Å². The number of aliphatic hydroxyl groups is 2. The van der Waals surface area contributed by atoms with E-state index in [0.717, 1.165) is 0 Å². The van der Waals surface area contributed by atoms with Crippen molar-refractivity contribution in [2.75, 3.05) is 0 Å². The van der Waals surface area contributed by atoms with Gasteiger partial charge in [0.1, 0.15) is 0 Å². The number of carbonyl (C=O) groups excluding carboxylic acids is 2. The Morgan fingerprint density at radius 2 is 0.704 bits per heavy atom. The topological polar surface area (TPSA) is 74.6 Å². The van der Waals surface area contributed by atoms with Gasteiger partial charge in [0.05, 0.1) is 0 Å². The Kier molecular flexibility index (Phi) is 11.1. The minimum Gasteiger partial charge on any atom is -0.504 e.